The average molecular weight is 247 g/mol. The molecule has 1 fully saturated rings. The van der Waals surface area contributed by atoms with Gasteiger partial charge < -0.3 is 11.1 Å². The van der Waals surface area contributed by atoms with Gasteiger partial charge in [-0.05, 0) is 25.0 Å². The van der Waals surface area contributed by atoms with Gasteiger partial charge in [0, 0.05) is 12.1 Å². The van der Waals surface area contributed by atoms with E-state index in [4.69, 9.17) is 5.73 Å². The molecule has 0 amide bonds. The number of benzene rings is 1. The number of rotatable bonds is 2. The zero-order valence-electron chi connectivity index (χ0n) is 9.73. The van der Waals surface area contributed by atoms with Crippen molar-refractivity contribution >= 4 is 26.7 Å². The highest BCUT2D eigenvalue weighted by molar-refractivity contribution is 7.22. The molecule has 1 aromatic heterocycles. The first-order chi connectivity index (χ1) is 8.33. The van der Waals surface area contributed by atoms with Crippen molar-refractivity contribution in [2.45, 2.75) is 37.8 Å². The van der Waals surface area contributed by atoms with Gasteiger partial charge in [0.2, 0.25) is 0 Å². The molecule has 0 saturated heterocycles. The maximum Gasteiger partial charge on any atom is 0.184 e. The van der Waals surface area contributed by atoms with Crippen molar-refractivity contribution in [3.05, 3.63) is 24.3 Å². The van der Waals surface area contributed by atoms with E-state index in [9.17, 15) is 0 Å². The zero-order valence-corrected chi connectivity index (χ0v) is 10.5. The first-order valence-corrected chi connectivity index (χ1v) is 7.02. The number of aromatic nitrogens is 1. The summed E-state index contributed by atoms with van der Waals surface area (Å²) in [5.41, 5.74) is 7.21. The second kappa shape index (κ2) is 4.63. The van der Waals surface area contributed by atoms with Crippen LogP contribution in [0.2, 0.25) is 0 Å². The van der Waals surface area contributed by atoms with Crippen LogP contribution in [-0.4, -0.2) is 17.1 Å². The van der Waals surface area contributed by atoms with Gasteiger partial charge in [-0.25, -0.2) is 4.98 Å². The van der Waals surface area contributed by atoms with Gasteiger partial charge in [-0.2, -0.15) is 0 Å². The summed E-state index contributed by atoms with van der Waals surface area (Å²) in [6, 6.07) is 8.91. The van der Waals surface area contributed by atoms with Crippen molar-refractivity contribution in [1.29, 1.82) is 0 Å². The molecule has 3 N–H and O–H groups in total. The molecule has 0 aliphatic heterocycles. The lowest BCUT2D eigenvalue weighted by molar-refractivity contribution is 0.404. The molecule has 17 heavy (non-hydrogen) atoms. The topological polar surface area (TPSA) is 50.9 Å². The second-order valence-corrected chi connectivity index (χ2v) is 5.72. The Labute approximate surface area is 105 Å². The third-order valence-corrected chi connectivity index (χ3v) is 4.39. The van der Waals surface area contributed by atoms with Gasteiger partial charge in [-0.1, -0.05) is 36.3 Å². The Hall–Kier alpha value is -1.13. The van der Waals surface area contributed by atoms with Crippen molar-refractivity contribution in [2.24, 2.45) is 5.73 Å². The van der Waals surface area contributed by atoms with E-state index in [1.165, 1.54) is 17.5 Å². The second-order valence-electron chi connectivity index (χ2n) is 4.69. The number of nitrogens with two attached hydrogens (primary N) is 1. The summed E-state index contributed by atoms with van der Waals surface area (Å²) >= 11 is 1.72. The summed E-state index contributed by atoms with van der Waals surface area (Å²) in [4.78, 5) is 4.59. The lowest BCUT2D eigenvalue weighted by atomic mass is 9.91. The first kappa shape index (κ1) is 11.0. The van der Waals surface area contributed by atoms with Crippen molar-refractivity contribution in [3.63, 3.8) is 0 Å². The van der Waals surface area contributed by atoms with E-state index in [1.807, 2.05) is 6.07 Å². The number of para-hydroxylation sites is 1. The van der Waals surface area contributed by atoms with Crippen molar-refractivity contribution in [3.8, 4) is 0 Å². The van der Waals surface area contributed by atoms with E-state index in [1.54, 1.807) is 11.3 Å². The summed E-state index contributed by atoms with van der Waals surface area (Å²) in [6.45, 7) is 0. The highest BCUT2D eigenvalue weighted by Crippen LogP contribution is 2.28. The number of hydrogen-bond acceptors (Lipinski definition) is 4. The van der Waals surface area contributed by atoms with Gasteiger partial charge in [-0.3, -0.25) is 0 Å². The van der Waals surface area contributed by atoms with Crippen LogP contribution in [0.4, 0.5) is 5.13 Å². The molecule has 3 nitrogen and oxygen atoms in total. The predicted octanol–water partition coefficient (Wildman–Crippen LogP) is 2.98. The van der Waals surface area contributed by atoms with Crippen LogP contribution in [0.15, 0.2) is 24.3 Å². The molecule has 1 aliphatic rings. The summed E-state index contributed by atoms with van der Waals surface area (Å²) in [7, 11) is 0. The Morgan fingerprint density at radius 3 is 2.88 bits per heavy atom. The molecule has 2 aromatic rings. The van der Waals surface area contributed by atoms with Gasteiger partial charge >= 0.3 is 0 Å². The molecule has 0 radical (unpaired) electrons. The van der Waals surface area contributed by atoms with Crippen LogP contribution >= 0.6 is 11.3 Å². The summed E-state index contributed by atoms with van der Waals surface area (Å²) in [6.07, 6.45) is 4.83. The van der Waals surface area contributed by atoms with Gasteiger partial charge in [-0.15, -0.1) is 0 Å². The van der Waals surface area contributed by atoms with Crippen LogP contribution in [0, 0.1) is 0 Å². The molecule has 1 heterocycles. The molecule has 0 bridgehead atoms. The van der Waals surface area contributed by atoms with Crippen LogP contribution in [0.1, 0.15) is 25.7 Å². The minimum Gasteiger partial charge on any atom is -0.357 e. The minimum absolute atomic E-state index is 0.274. The van der Waals surface area contributed by atoms with Crippen LogP contribution < -0.4 is 11.1 Å². The fraction of sp³-hybridized carbons (Fsp3) is 0.462. The van der Waals surface area contributed by atoms with E-state index in [2.05, 4.69) is 28.5 Å². The number of fused-ring (bicyclic) bond motifs is 1. The Kier molecular flexibility index (Phi) is 2.99. The van der Waals surface area contributed by atoms with E-state index >= 15 is 0 Å². The van der Waals surface area contributed by atoms with E-state index in [0.29, 0.717) is 6.04 Å². The minimum atomic E-state index is 0.274. The van der Waals surface area contributed by atoms with E-state index in [-0.39, 0.29) is 6.04 Å². The molecule has 4 heteroatoms. The van der Waals surface area contributed by atoms with Gasteiger partial charge in [0.25, 0.3) is 0 Å². The predicted molar refractivity (Wildman–Crippen MR) is 73.5 cm³/mol. The number of nitrogens with one attached hydrogen (secondary N) is 1. The maximum atomic E-state index is 6.14. The maximum absolute atomic E-state index is 6.14. The fourth-order valence-corrected chi connectivity index (χ4v) is 3.36. The SMILES string of the molecule is N[C@H]1CCCC[C@@H]1Nc1nc2ccccc2s1. The largest absolute Gasteiger partial charge is 0.357 e. The number of thiazole rings is 1. The summed E-state index contributed by atoms with van der Waals surface area (Å²) in [5, 5.41) is 4.51. The van der Waals surface area contributed by atoms with Crippen LogP contribution in [0.5, 0.6) is 0 Å². The number of nitrogens with zero attached hydrogens (tertiary/aromatic N) is 1. The smallest absolute Gasteiger partial charge is 0.184 e. The number of anilines is 1. The molecule has 1 saturated carbocycles. The normalized spacial score (nSPS) is 25.0. The third kappa shape index (κ3) is 2.28. The van der Waals surface area contributed by atoms with Gasteiger partial charge in [0.1, 0.15) is 0 Å². The van der Waals surface area contributed by atoms with Gasteiger partial charge in [0.15, 0.2) is 5.13 Å². The molecular weight excluding hydrogens is 230 g/mol. The standard InChI is InChI=1S/C13H17N3S/c14-9-5-1-2-6-10(9)15-13-16-11-7-3-4-8-12(11)17-13/h3-4,7-10H,1-2,5-6,14H2,(H,15,16)/t9-,10-/m0/s1. The van der Waals surface area contributed by atoms with Crippen molar-refractivity contribution in [2.75, 3.05) is 5.32 Å². The van der Waals surface area contributed by atoms with Crippen molar-refractivity contribution in [1.82, 2.24) is 4.98 Å². The van der Waals surface area contributed by atoms with Crippen LogP contribution in [0.25, 0.3) is 10.2 Å². The molecule has 90 valence electrons. The Morgan fingerprint density at radius 1 is 1.24 bits per heavy atom. The lowest BCUT2D eigenvalue weighted by Gasteiger charge is -2.28. The van der Waals surface area contributed by atoms with Crippen LogP contribution in [0.3, 0.4) is 0 Å². The third-order valence-electron chi connectivity index (χ3n) is 3.42. The first-order valence-electron chi connectivity index (χ1n) is 6.20. The fourth-order valence-electron chi connectivity index (χ4n) is 2.43. The molecule has 3 rings (SSSR count). The summed E-state index contributed by atoms with van der Waals surface area (Å²) < 4.78 is 1.24. The molecule has 0 unspecified atom stereocenters. The van der Waals surface area contributed by atoms with E-state index in [0.717, 1.165) is 23.5 Å². The van der Waals surface area contributed by atoms with E-state index < -0.39 is 0 Å². The Balaban J connectivity index is 1.79. The van der Waals surface area contributed by atoms with Crippen LogP contribution in [-0.2, 0) is 0 Å². The quantitative estimate of drug-likeness (QED) is 0.857. The summed E-state index contributed by atoms with van der Waals surface area (Å²) in [5.74, 6) is 0. The molecule has 0 spiro atoms. The highest BCUT2D eigenvalue weighted by atomic mass is 32.1. The Bertz CT molecular complexity index is 475. The van der Waals surface area contributed by atoms with Gasteiger partial charge in [0.05, 0.1) is 10.2 Å². The molecular formula is C13H17N3S. The monoisotopic (exact) mass is 247 g/mol. The average Bonchev–Trinajstić information content (AvgIpc) is 2.74. The molecule has 2 atom stereocenters. The number of hydrogen-bond donors (Lipinski definition) is 2. The highest BCUT2D eigenvalue weighted by Gasteiger charge is 2.22. The lowest BCUT2D eigenvalue weighted by Crippen LogP contribution is -2.42. The van der Waals surface area contributed by atoms with Crippen molar-refractivity contribution < 1.29 is 0 Å². The molecule has 1 aliphatic carbocycles. The Morgan fingerprint density at radius 2 is 2.06 bits per heavy atom. The molecule has 1 aromatic carbocycles. The zero-order chi connectivity index (χ0) is 11.7.